The highest BCUT2D eigenvalue weighted by molar-refractivity contribution is 7.92. The average molecular weight is 451 g/mol. The molecule has 0 saturated carbocycles. The van der Waals surface area contributed by atoms with E-state index in [0.29, 0.717) is 5.56 Å². The number of carboxylic acids is 1. The van der Waals surface area contributed by atoms with Crippen LogP contribution in [0.15, 0.2) is 54.1 Å². The molecule has 10 heteroatoms. The predicted octanol–water partition coefficient (Wildman–Crippen LogP) is 1.35. The largest absolute Gasteiger partial charge is 0.478 e. The molecule has 2 atom stereocenters. The topological polar surface area (TPSA) is 136 Å². The van der Waals surface area contributed by atoms with Gasteiger partial charge in [0.1, 0.15) is 17.6 Å². The molecule has 0 spiro atoms. The first-order valence-electron chi connectivity index (χ1n) is 9.49. The Bertz CT molecular complexity index is 984. The lowest BCUT2D eigenvalue weighted by molar-refractivity contribution is -0.156. The normalized spacial score (nSPS) is 19.2. The minimum atomic E-state index is -3.89. The van der Waals surface area contributed by atoms with Crippen LogP contribution in [0.5, 0.6) is 0 Å². The van der Waals surface area contributed by atoms with Crippen LogP contribution in [0.3, 0.4) is 0 Å². The van der Waals surface area contributed by atoms with E-state index in [4.69, 9.17) is 9.47 Å². The highest BCUT2D eigenvalue weighted by Gasteiger charge is 2.42. The minimum Gasteiger partial charge on any atom is -0.478 e. The molecule has 1 aromatic rings. The minimum absolute atomic E-state index is 0.0243. The maximum absolute atomic E-state index is 13.4. The molecular formula is C21H25NO8S. The van der Waals surface area contributed by atoms with Crippen LogP contribution < -0.4 is 5.32 Å². The van der Waals surface area contributed by atoms with Crippen molar-refractivity contribution in [1.82, 2.24) is 5.32 Å². The SMILES string of the molecule is CC(=O)OCC(CNC1(S(=O)(=O)Cc2ccccc2)C=CC(C(=O)O)=CC1)OC(C)=O. The zero-order chi connectivity index (χ0) is 23.1. The van der Waals surface area contributed by atoms with Gasteiger partial charge in [0.25, 0.3) is 0 Å². The van der Waals surface area contributed by atoms with Crippen molar-refractivity contribution < 1.29 is 37.4 Å². The Balaban J connectivity index is 2.30. The van der Waals surface area contributed by atoms with Crippen molar-refractivity contribution in [2.24, 2.45) is 0 Å². The molecule has 0 saturated heterocycles. The van der Waals surface area contributed by atoms with Crippen molar-refractivity contribution >= 4 is 27.7 Å². The summed E-state index contributed by atoms with van der Waals surface area (Å²) in [6.45, 7) is 2.00. The average Bonchev–Trinajstić information content (AvgIpc) is 2.70. The van der Waals surface area contributed by atoms with E-state index in [1.54, 1.807) is 30.3 Å². The molecular weight excluding hydrogens is 426 g/mol. The first kappa shape index (κ1) is 24.3. The van der Waals surface area contributed by atoms with E-state index in [-0.39, 0.29) is 30.9 Å². The van der Waals surface area contributed by atoms with Gasteiger partial charge in [-0.3, -0.25) is 14.9 Å². The number of aliphatic carboxylic acids is 1. The van der Waals surface area contributed by atoms with Gasteiger partial charge >= 0.3 is 17.9 Å². The Labute approximate surface area is 180 Å². The molecule has 0 aliphatic heterocycles. The number of hydrogen-bond donors (Lipinski definition) is 2. The summed E-state index contributed by atoms with van der Waals surface area (Å²) in [4.78, 5) is 32.1. The quantitative estimate of drug-likeness (QED) is 0.505. The zero-order valence-electron chi connectivity index (χ0n) is 17.2. The molecule has 1 aromatic carbocycles. The van der Waals surface area contributed by atoms with Gasteiger partial charge in [0, 0.05) is 26.8 Å². The van der Waals surface area contributed by atoms with Crippen molar-refractivity contribution in [2.45, 2.75) is 37.0 Å². The summed E-state index contributed by atoms with van der Waals surface area (Å²) >= 11 is 0. The molecule has 1 aliphatic rings. The van der Waals surface area contributed by atoms with E-state index in [9.17, 15) is 27.9 Å². The second-order valence-corrected chi connectivity index (χ2v) is 9.30. The van der Waals surface area contributed by atoms with Crippen LogP contribution in [0.25, 0.3) is 0 Å². The number of sulfone groups is 1. The monoisotopic (exact) mass is 451 g/mol. The smallest absolute Gasteiger partial charge is 0.335 e. The number of rotatable bonds is 10. The lowest BCUT2D eigenvalue weighted by Crippen LogP contribution is -2.54. The molecule has 0 fully saturated rings. The van der Waals surface area contributed by atoms with Gasteiger partial charge < -0.3 is 14.6 Å². The Kier molecular flexibility index (Phi) is 8.12. The molecule has 9 nitrogen and oxygen atoms in total. The molecule has 2 N–H and O–H groups in total. The van der Waals surface area contributed by atoms with Gasteiger partial charge in [0.15, 0.2) is 9.84 Å². The molecule has 31 heavy (non-hydrogen) atoms. The van der Waals surface area contributed by atoms with Gasteiger partial charge in [-0.2, -0.15) is 0 Å². The summed E-state index contributed by atoms with van der Waals surface area (Å²) in [7, 11) is -3.89. The van der Waals surface area contributed by atoms with Gasteiger partial charge in [0.05, 0.1) is 11.3 Å². The molecule has 0 amide bonds. The third kappa shape index (κ3) is 6.76. The Morgan fingerprint density at radius 2 is 1.84 bits per heavy atom. The van der Waals surface area contributed by atoms with Crippen LogP contribution in [-0.4, -0.2) is 55.6 Å². The maximum Gasteiger partial charge on any atom is 0.335 e. The molecule has 1 aliphatic carbocycles. The van der Waals surface area contributed by atoms with Crippen molar-refractivity contribution in [3.8, 4) is 0 Å². The van der Waals surface area contributed by atoms with Crippen LogP contribution in [0.2, 0.25) is 0 Å². The Hall–Kier alpha value is -2.98. The lowest BCUT2D eigenvalue weighted by atomic mass is 10.0. The van der Waals surface area contributed by atoms with E-state index < -0.39 is 38.7 Å². The number of ether oxygens (including phenoxy) is 2. The van der Waals surface area contributed by atoms with Gasteiger partial charge in [-0.05, 0) is 17.7 Å². The third-order valence-corrected chi connectivity index (χ3v) is 6.86. The summed E-state index contributed by atoms with van der Waals surface area (Å²) in [6, 6.07) is 8.57. The maximum atomic E-state index is 13.4. The van der Waals surface area contributed by atoms with Crippen LogP contribution in [0, 0.1) is 0 Å². The Morgan fingerprint density at radius 1 is 1.16 bits per heavy atom. The van der Waals surface area contributed by atoms with Gasteiger partial charge in [0.2, 0.25) is 0 Å². The number of carbonyl (C=O) groups is 3. The molecule has 0 bridgehead atoms. The Morgan fingerprint density at radius 3 is 2.35 bits per heavy atom. The van der Waals surface area contributed by atoms with Crippen molar-refractivity contribution in [3.05, 3.63) is 59.7 Å². The predicted molar refractivity (Wildman–Crippen MR) is 111 cm³/mol. The molecule has 0 heterocycles. The zero-order valence-corrected chi connectivity index (χ0v) is 18.1. The van der Waals surface area contributed by atoms with Gasteiger partial charge in [-0.25, -0.2) is 13.2 Å². The van der Waals surface area contributed by atoms with Gasteiger partial charge in [-0.15, -0.1) is 0 Å². The number of nitrogens with one attached hydrogen (secondary N) is 1. The molecule has 2 unspecified atom stereocenters. The third-order valence-electron chi connectivity index (χ3n) is 4.59. The van der Waals surface area contributed by atoms with Crippen molar-refractivity contribution in [1.29, 1.82) is 0 Å². The number of benzene rings is 1. The second kappa shape index (κ2) is 10.4. The number of carbonyl (C=O) groups excluding carboxylic acids is 2. The van der Waals surface area contributed by atoms with Gasteiger partial charge in [-0.1, -0.05) is 36.4 Å². The van der Waals surface area contributed by atoms with E-state index in [1.807, 2.05) is 0 Å². The summed E-state index contributed by atoms with van der Waals surface area (Å²) in [6.07, 6.45) is 2.79. The van der Waals surface area contributed by atoms with Crippen molar-refractivity contribution in [3.63, 3.8) is 0 Å². The second-order valence-electron chi connectivity index (χ2n) is 7.05. The highest BCUT2D eigenvalue weighted by Crippen LogP contribution is 2.30. The summed E-state index contributed by atoms with van der Waals surface area (Å²) in [5, 5.41) is 12.1. The van der Waals surface area contributed by atoms with E-state index in [0.717, 1.165) is 0 Å². The number of esters is 2. The van der Waals surface area contributed by atoms with E-state index >= 15 is 0 Å². The first-order valence-corrected chi connectivity index (χ1v) is 11.1. The van der Waals surface area contributed by atoms with E-state index in [2.05, 4.69) is 5.32 Å². The molecule has 0 aromatic heterocycles. The lowest BCUT2D eigenvalue weighted by Gasteiger charge is -2.34. The van der Waals surface area contributed by atoms with Crippen molar-refractivity contribution in [2.75, 3.05) is 13.2 Å². The standard InChI is InChI=1S/C21H25NO8S/c1-15(23)29-13-19(30-16(2)24)12-22-21(10-8-18(9-11-21)20(25)26)31(27,28)14-17-6-4-3-5-7-17/h3-10,19,22H,11-14H2,1-2H3,(H,25,26). The fourth-order valence-corrected chi connectivity index (χ4v) is 4.85. The molecule has 168 valence electrons. The number of carboxylic acid groups (broad SMARTS) is 1. The summed E-state index contributed by atoms with van der Waals surface area (Å²) in [5.41, 5.74) is 0.547. The van der Waals surface area contributed by atoms with Crippen LogP contribution in [0.1, 0.15) is 25.8 Å². The van der Waals surface area contributed by atoms with Crippen LogP contribution >= 0.6 is 0 Å². The molecule has 0 radical (unpaired) electrons. The fourth-order valence-electron chi connectivity index (χ4n) is 3.04. The first-order chi connectivity index (χ1) is 14.5. The van der Waals surface area contributed by atoms with Crippen LogP contribution in [-0.2, 0) is 39.4 Å². The summed E-state index contributed by atoms with van der Waals surface area (Å²) < 4.78 is 36.8. The highest BCUT2D eigenvalue weighted by atomic mass is 32.2. The van der Waals surface area contributed by atoms with E-state index in [1.165, 1.54) is 32.1 Å². The van der Waals surface area contributed by atoms with Crippen LogP contribution in [0.4, 0.5) is 0 Å². The number of hydrogen-bond acceptors (Lipinski definition) is 8. The molecule has 2 rings (SSSR count). The fraction of sp³-hybridized carbons (Fsp3) is 0.381. The summed E-state index contributed by atoms with van der Waals surface area (Å²) in [5.74, 6) is -2.65.